The number of hydrogen-bond donors (Lipinski definition) is 3. The minimum atomic E-state index is -0.388. The van der Waals surface area contributed by atoms with Crippen molar-refractivity contribution in [1.82, 2.24) is 10.8 Å². The molecule has 2 rings (SSSR count). The van der Waals surface area contributed by atoms with Gasteiger partial charge in [0.25, 0.3) is 5.91 Å². The van der Waals surface area contributed by atoms with Crippen LogP contribution in [0.2, 0.25) is 0 Å². The second-order valence-corrected chi connectivity index (χ2v) is 5.47. The Morgan fingerprint density at radius 1 is 1.30 bits per heavy atom. The minimum absolute atomic E-state index is 0.0500. The maximum atomic E-state index is 12.2. The SMILES string of the molecule is COCC#Cc1ccc(C(=O)N[C@@H]2CC[C@@H](C(=O)NO)C2)cc1. The van der Waals surface area contributed by atoms with Crippen molar-refractivity contribution in [2.24, 2.45) is 5.92 Å². The van der Waals surface area contributed by atoms with Crippen molar-refractivity contribution in [3.63, 3.8) is 0 Å². The normalized spacial score (nSPS) is 19.6. The molecule has 1 fully saturated rings. The zero-order valence-corrected chi connectivity index (χ0v) is 13.0. The summed E-state index contributed by atoms with van der Waals surface area (Å²) in [4.78, 5) is 23.6. The highest BCUT2D eigenvalue weighted by Crippen LogP contribution is 2.25. The average molecular weight is 316 g/mol. The second kappa shape index (κ2) is 8.32. The van der Waals surface area contributed by atoms with Gasteiger partial charge in [0.1, 0.15) is 6.61 Å². The maximum absolute atomic E-state index is 12.2. The molecule has 0 heterocycles. The number of benzene rings is 1. The largest absolute Gasteiger partial charge is 0.372 e. The van der Waals surface area contributed by atoms with E-state index in [1.54, 1.807) is 36.9 Å². The second-order valence-electron chi connectivity index (χ2n) is 5.47. The van der Waals surface area contributed by atoms with Crippen LogP contribution in [0.25, 0.3) is 0 Å². The van der Waals surface area contributed by atoms with Gasteiger partial charge in [-0.05, 0) is 43.5 Å². The molecule has 2 atom stereocenters. The van der Waals surface area contributed by atoms with Crippen LogP contribution in [0.15, 0.2) is 24.3 Å². The Balaban J connectivity index is 1.89. The van der Waals surface area contributed by atoms with Crippen LogP contribution in [0.5, 0.6) is 0 Å². The summed E-state index contributed by atoms with van der Waals surface area (Å²) in [5.74, 6) is 4.98. The van der Waals surface area contributed by atoms with E-state index in [-0.39, 0.29) is 23.8 Å². The van der Waals surface area contributed by atoms with Gasteiger partial charge in [-0.2, -0.15) is 0 Å². The smallest absolute Gasteiger partial charge is 0.251 e. The quantitative estimate of drug-likeness (QED) is 0.441. The number of ether oxygens (including phenoxy) is 1. The third-order valence-corrected chi connectivity index (χ3v) is 3.85. The molecule has 1 aliphatic carbocycles. The summed E-state index contributed by atoms with van der Waals surface area (Å²) in [5.41, 5.74) is 3.04. The standard InChI is InChI=1S/C17H20N2O4/c1-23-10-2-3-12-4-6-13(7-5-12)16(20)18-15-9-8-14(11-15)17(21)19-22/h4-7,14-15,22H,8-11H2,1H3,(H,18,20)(H,19,21)/t14-,15-/m1/s1. The van der Waals surface area contributed by atoms with Crippen LogP contribution in [0, 0.1) is 17.8 Å². The van der Waals surface area contributed by atoms with Crippen molar-refractivity contribution in [3.8, 4) is 11.8 Å². The summed E-state index contributed by atoms with van der Waals surface area (Å²) < 4.78 is 4.85. The van der Waals surface area contributed by atoms with Gasteiger partial charge in [0.15, 0.2) is 0 Å². The zero-order chi connectivity index (χ0) is 16.7. The summed E-state index contributed by atoms with van der Waals surface area (Å²) >= 11 is 0. The van der Waals surface area contributed by atoms with E-state index in [1.165, 1.54) is 0 Å². The zero-order valence-electron chi connectivity index (χ0n) is 13.0. The van der Waals surface area contributed by atoms with Gasteiger partial charge in [-0.3, -0.25) is 14.8 Å². The number of hydroxylamine groups is 1. The molecule has 1 saturated carbocycles. The van der Waals surface area contributed by atoms with Crippen LogP contribution < -0.4 is 10.8 Å². The Morgan fingerprint density at radius 3 is 2.70 bits per heavy atom. The Labute approximate surface area is 135 Å². The molecule has 1 aromatic carbocycles. The molecule has 6 heteroatoms. The summed E-state index contributed by atoms with van der Waals surface area (Å²) in [6.07, 6.45) is 1.93. The first-order valence-electron chi connectivity index (χ1n) is 7.46. The first-order chi connectivity index (χ1) is 11.1. The van der Waals surface area contributed by atoms with Crippen molar-refractivity contribution in [1.29, 1.82) is 0 Å². The van der Waals surface area contributed by atoms with Crippen LogP contribution >= 0.6 is 0 Å². The molecule has 2 amide bonds. The van der Waals surface area contributed by atoms with Gasteiger partial charge in [0.05, 0.1) is 0 Å². The van der Waals surface area contributed by atoms with E-state index in [0.29, 0.717) is 25.0 Å². The summed E-state index contributed by atoms with van der Waals surface area (Å²) in [6, 6.07) is 6.96. The molecular weight excluding hydrogens is 296 g/mol. The molecule has 0 aromatic heterocycles. The number of hydrogen-bond acceptors (Lipinski definition) is 4. The predicted octanol–water partition coefficient (Wildman–Crippen LogP) is 1.09. The van der Waals surface area contributed by atoms with E-state index >= 15 is 0 Å². The molecule has 0 spiro atoms. The third kappa shape index (κ3) is 4.81. The molecule has 0 bridgehead atoms. The van der Waals surface area contributed by atoms with Gasteiger partial charge in [0, 0.05) is 30.2 Å². The number of amides is 2. The first-order valence-corrected chi connectivity index (χ1v) is 7.46. The third-order valence-electron chi connectivity index (χ3n) is 3.85. The molecule has 23 heavy (non-hydrogen) atoms. The molecule has 3 N–H and O–H groups in total. The van der Waals surface area contributed by atoms with Crippen LogP contribution in [0.1, 0.15) is 35.2 Å². The molecule has 0 aliphatic heterocycles. The fourth-order valence-electron chi connectivity index (χ4n) is 2.63. The molecule has 1 aliphatic rings. The Morgan fingerprint density at radius 2 is 2.04 bits per heavy atom. The van der Waals surface area contributed by atoms with Crippen LogP contribution in [0.3, 0.4) is 0 Å². The minimum Gasteiger partial charge on any atom is -0.372 e. The highest BCUT2D eigenvalue weighted by molar-refractivity contribution is 5.94. The molecule has 1 aromatic rings. The number of nitrogens with one attached hydrogen (secondary N) is 2. The number of carbonyl (C=O) groups is 2. The molecule has 0 unspecified atom stereocenters. The predicted molar refractivity (Wildman–Crippen MR) is 83.7 cm³/mol. The van der Waals surface area contributed by atoms with Gasteiger partial charge in [-0.15, -0.1) is 0 Å². The van der Waals surface area contributed by atoms with Crippen LogP contribution in [-0.4, -0.2) is 36.8 Å². The van der Waals surface area contributed by atoms with Crippen LogP contribution in [-0.2, 0) is 9.53 Å². The lowest BCUT2D eigenvalue weighted by molar-refractivity contribution is -0.133. The molecule has 0 radical (unpaired) electrons. The first kappa shape index (κ1) is 17.0. The van der Waals surface area contributed by atoms with Crippen molar-refractivity contribution in [2.75, 3.05) is 13.7 Å². The fourth-order valence-corrected chi connectivity index (χ4v) is 2.63. The van der Waals surface area contributed by atoms with Gasteiger partial charge < -0.3 is 10.1 Å². The van der Waals surface area contributed by atoms with Crippen LogP contribution in [0.4, 0.5) is 0 Å². The average Bonchev–Trinajstić information content (AvgIpc) is 3.03. The highest BCUT2D eigenvalue weighted by atomic mass is 16.5. The van der Waals surface area contributed by atoms with Gasteiger partial charge in [-0.25, -0.2) is 5.48 Å². The van der Waals surface area contributed by atoms with Crippen molar-refractivity contribution >= 4 is 11.8 Å². The number of rotatable bonds is 4. The van der Waals surface area contributed by atoms with Gasteiger partial charge >= 0.3 is 0 Å². The topological polar surface area (TPSA) is 87.7 Å². The maximum Gasteiger partial charge on any atom is 0.251 e. The van der Waals surface area contributed by atoms with E-state index in [9.17, 15) is 9.59 Å². The van der Waals surface area contributed by atoms with E-state index < -0.39 is 0 Å². The monoisotopic (exact) mass is 316 g/mol. The van der Waals surface area contributed by atoms with E-state index in [4.69, 9.17) is 9.94 Å². The summed E-state index contributed by atoms with van der Waals surface area (Å²) in [6.45, 7) is 0.368. The van der Waals surface area contributed by atoms with Crippen molar-refractivity contribution < 1.29 is 19.5 Å². The fraction of sp³-hybridized carbons (Fsp3) is 0.412. The number of methoxy groups -OCH3 is 1. The van der Waals surface area contributed by atoms with Crippen molar-refractivity contribution in [2.45, 2.75) is 25.3 Å². The Hall–Kier alpha value is -2.36. The lowest BCUT2D eigenvalue weighted by atomic mass is 10.1. The Bertz CT molecular complexity index is 616. The van der Waals surface area contributed by atoms with Gasteiger partial charge in [0.2, 0.25) is 5.91 Å². The lowest BCUT2D eigenvalue weighted by Crippen LogP contribution is -2.34. The molecule has 6 nitrogen and oxygen atoms in total. The van der Waals surface area contributed by atoms with Crippen molar-refractivity contribution in [3.05, 3.63) is 35.4 Å². The summed E-state index contributed by atoms with van der Waals surface area (Å²) in [5, 5.41) is 11.6. The van der Waals surface area contributed by atoms with Gasteiger partial charge in [-0.1, -0.05) is 11.8 Å². The van der Waals surface area contributed by atoms with E-state index in [0.717, 1.165) is 12.0 Å². The molecule has 0 saturated heterocycles. The Kier molecular flexibility index (Phi) is 6.15. The molecule has 122 valence electrons. The highest BCUT2D eigenvalue weighted by Gasteiger charge is 2.30. The summed E-state index contributed by atoms with van der Waals surface area (Å²) in [7, 11) is 1.58. The van der Waals surface area contributed by atoms with E-state index in [1.807, 2.05) is 0 Å². The molecular formula is C17H20N2O4. The lowest BCUT2D eigenvalue weighted by Gasteiger charge is -2.13. The van der Waals surface area contributed by atoms with E-state index in [2.05, 4.69) is 17.2 Å². The number of carbonyl (C=O) groups excluding carboxylic acids is 2.